The number of benzene rings is 2. The summed E-state index contributed by atoms with van der Waals surface area (Å²) in [6.45, 7) is 10.4. The molecule has 0 fully saturated rings. The fraction of sp³-hybridized carbons (Fsp3) is 0.440. The fourth-order valence-corrected chi connectivity index (χ4v) is 4.80. The maximum atomic E-state index is 13.6. The number of rotatable bonds is 8. The first-order chi connectivity index (χ1) is 15.6. The lowest BCUT2D eigenvalue weighted by atomic mass is 10.1. The number of hydrogen-bond donors (Lipinski definition) is 1. The van der Waals surface area contributed by atoms with E-state index in [1.165, 1.54) is 4.90 Å². The van der Waals surface area contributed by atoms with Gasteiger partial charge in [0, 0.05) is 17.1 Å². The van der Waals surface area contributed by atoms with Gasteiger partial charge < -0.3 is 10.2 Å². The molecule has 0 unspecified atom stereocenters. The van der Waals surface area contributed by atoms with Crippen LogP contribution >= 0.6 is 11.6 Å². The summed E-state index contributed by atoms with van der Waals surface area (Å²) in [7, 11) is -3.79. The van der Waals surface area contributed by atoms with Crippen molar-refractivity contribution < 1.29 is 18.0 Å². The molecule has 34 heavy (non-hydrogen) atoms. The molecule has 186 valence electrons. The Hall–Kier alpha value is -2.58. The smallest absolute Gasteiger partial charge is 0.244 e. The number of halogens is 1. The molecule has 7 nitrogen and oxygen atoms in total. The largest absolute Gasteiger partial charge is 0.350 e. The molecule has 2 aromatic carbocycles. The number of anilines is 1. The van der Waals surface area contributed by atoms with Gasteiger partial charge in [-0.25, -0.2) is 8.42 Å². The minimum absolute atomic E-state index is 0.0571. The van der Waals surface area contributed by atoms with Crippen LogP contribution in [0.1, 0.15) is 44.4 Å². The van der Waals surface area contributed by atoms with E-state index in [4.69, 9.17) is 11.6 Å². The molecular formula is C25H34ClN3O4S. The van der Waals surface area contributed by atoms with E-state index < -0.39 is 34.1 Å². The molecule has 2 rings (SSSR count). The maximum absolute atomic E-state index is 13.6. The summed E-state index contributed by atoms with van der Waals surface area (Å²) in [6, 6.07) is 11.6. The molecule has 0 aromatic heterocycles. The molecule has 0 bridgehead atoms. The highest BCUT2D eigenvalue weighted by atomic mass is 35.5. The summed E-state index contributed by atoms with van der Waals surface area (Å²) in [5.41, 5.74) is 2.08. The van der Waals surface area contributed by atoms with Gasteiger partial charge >= 0.3 is 0 Å². The van der Waals surface area contributed by atoms with Crippen LogP contribution in [0.3, 0.4) is 0 Å². The SMILES string of the molecule is Cc1cccc(C)c1N(CC(=O)N(Cc1ccccc1Cl)[C@H](C)C(=O)NC(C)(C)C)S(C)(=O)=O. The normalized spacial score (nSPS) is 12.7. The van der Waals surface area contributed by atoms with Crippen LogP contribution in [0.2, 0.25) is 5.02 Å². The summed E-state index contributed by atoms with van der Waals surface area (Å²) in [5.74, 6) is -0.851. The van der Waals surface area contributed by atoms with Crippen LogP contribution in [0.25, 0.3) is 0 Å². The van der Waals surface area contributed by atoms with Gasteiger partial charge in [-0.3, -0.25) is 13.9 Å². The van der Waals surface area contributed by atoms with Crippen LogP contribution in [0.5, 0.6) is 0 Å². The van der Waals surface area contributed by atoms with Gasteiger partial charge in [-0.15, -0.1) is 0 Å². The van der Waals surface area contributed by atoms with Crippen LogP contribution in [-0.2, 0) is 26.2 Å². The van der Waals surface area contributed by atoms with Crippen molar-refractivity contribution in [1.29, 1.82) is 0 Å². The Morgan fingerprint density at radius 2 is 1.59 bits per heavy atom. The Labute approximate surface area is 208 Å². The first-order valence-corrected chi connectivity index (χ1v) is 13.2. The zero-order valence-electron chi connectivity index (χ0n) is 20.8. The second kappa shape index (κ2) is 10.8. The van der Waals surface area contributed by atoms with Gasteiger partial charge in [0.2, 0.25) is 21.8 Å². The van der Waals surface area contributed by atoms with Gasteiger partial charge in [-0.2, -0.15) is 0 Å². The van der Waals surface area contributed by atoms with Gasteiger partial charge in [-0.1, -0.05) is 48.0 Å². The second-order valence-electron chi connectivity index (χ2n) is 9.54. The second-order valence-corrected chi connectivity index (χ2v) is 11.9. The number of carbonyl (C=O) groups is 2. The van der Waals surface area contributed by atoms with Crippen molar-refractivity contribution in [3.05, 3.63) is 64.2 Å². The molecule has 0 aliphatic heterocycles. The molecule has 0 spiro atoms. The molecule has 2 amide bonds. The molecule has 1 atom stereocenters. The highest BCUT2D eigenvalue weighted by Crippen LogP contribution is 2.27. The van der Waals surface area contributed by atoms with Gasteiger partial charge in [-0.05, 0) is 64.3 Å². The standard InChI is InChI=1S/C25H34ClN3O4S/c1-17-11-10-12-18(2)23(17)29(34(7,32)33)16-22(30)28(15-20-13-8-9-14-21(20)26)19(3)24(31)27-25(4,5)6/h8-14,19H,15-16H2,1-7H3,(H,27,31)/t19-/m1/s1. The number of carbonyl (C=O) groups excluding carboxylic acids is 2. The Kier molecular flexibility index (Phi) is 8.77. The molecule has 9 heteroatoms. The third kappa shape index (κ3) is 7.21. The summed E-state index contributed by atoms with van der Waals surface area (Å²) >= 11 is 6.33. The highest BCUT2D eigenvalue weighted by Gasteiger charge is 2.32. The van der Waals surface area contributed by atoms with Gasteiger partial charge in [0.1, 0.15) is 12.6 Å². The van der Waals surface area contributed by atoms with Crippen LogP contribution < -0.4 is 9.62 Å². The van der Waals surface area contributed by atoms with E-state index >= 15 is 0 Å². The topological polar surface area (TPSA) is 86.8 Å². The Bertz CT molecular complexity index is 1140. The lowest BCUT2D eigenvalue weighted by molar-refractivity contribution is -0.140. The van der Waals surface area contributed by atoms with E-state index in [1.807, 2.05) is 26.8 Å². The summed E-state index contributed by atoms with van der Waals surface area (Å²) in [6.07, 6.45) is 1.07. The number of hydrogen-bond acceptors (Lipinski definition) is 4. The van der Waals surface area contributed by atoms with Gasteiger partial charge in [0.05, 0.1) is 11.9 Å². The third-order valence-corrected chi connectivity index (χ3v) is 6.81. The Morgan fingerprint density at radius 1 is 1.03 bits per heavy atom. The average Bonchev–Trinajstić information content (AvgIpc) is 2.69. The number of aryl methyl sites for hydroxylation is 2. The number of amides is 2. The molecule has 1 N–H and O–H groups in total. The molecule has 0 heterocycles. The summed E-state index contributed by atoms with van der Waals surface area (Å²) < 4.78 is 26.6. The van der Waals surface area contributed by atoms with Crippen molar-refractivity contribution >= 4 is 39.1 Å². The number of nitrogens with one attached hydrogen (secondary N) is 1. The fourth-order valence-electron chi connectivity index (χ4n) is 3.64. The Balaban J connectivity index is 2.48. The molecule has 2 aromatic rings. The van der Waals surface area contributed by atoms with E-state index in [0.717, 1.165) is 21.7 Å². The molecule has 0 aliphatic rings. The number of nitrogens with zero attached hydrogens (tertiary/aromatic N) is 2. The minimum atomic E-state index is -3.79. The quantitative estimate of drug-likeness (QED) is 0.583. The monoisotopic (exact) mass is 507 g/mol. The van der Waals surface area contributed by atoms with E-state index in [-0.39, 0.29) is 12.5 Å². The first kappa shape index (κ1) is 27.7. The van der Waals surface area contributed by atoms with Crippen LogP contribution in [0.15, 0.2) is 42.5 Å². The van der Waals surface area contributed by atoms with E-state index in [9.17, 15) is 18.0 Å². The Morgan fingerprint density at radius 3 is 2.09 bits per heavy atom. The lowest BCUT2D eigenvalue weighted by Gasteiger charge is -2.34. The zero-order chi connectivity index (χ0) is 25.8. The van der Waals surface area contributed by atoms with Crippen LogP contribution in [-0.4, -0.2) is 49.5 Å². The van der Waals surface area contributed by atoms with Crippen molar-refractivity contribution in [2.45, 2.75) is 59.7 Å². The zero-order valence-corrected chi connectivity index (χ0v) is 22.4. The number of para-hydroxylation sites is 1. The molecule has 0 aliphatic carbocycles. The maximum Gasteiger partial charge on any atom is 0.244 e. The van der Waals surface area contributed by atoms with Crippen molar-refractivity contribution in [1.82, 2.24) is 10.2 Å². The first-order valence-electron chi connectivity index (χ1n) is 11.0. The van der Waals surface area contributed by atoms with Crippen LogP contribution in [0.4, 0.5) is 5.69 Å². The van der Waals surface area contributed by atoms with Crippen molar-refractivity contribution in [3.63, 3.8) is 0 Å². The van der Waals surface area contributed by atoms with Crippen LogP contribution in [0, 0.1) is 13.8 Å². The van der Waals surface area contributed by atoms with Gasteiger partial charge in [0.25, 0.3) is 0 Å². The number of sulfonamides is 1. The van der Waals surface area contributed by atoms with Crippen molar-refractivity contribution in [3.8, 4) is 0 Å². The highest BCUT2D eigenvalue weighted by molar-refractivity contribution is 7.92. The third-order valence-electron chi connectivity index (χ3n) is 5.33. The lowest BCUT2D eigenvalue weighted by Crippen LogP contribution is -2.54. The minimum Gasteiger partial charge on any atom is -0.350 e. The predicted molar refractivity (Wildman–Crippen MR) is 137 cm³/mol. The summed E-state index contributed by atoms with van der Waals surface area (Å²) in [4.78, 5) is 28.0. The van der Waals surface area contributed by atoms with Crippen molar-refractivity contribution in [2.75, 3.05) is 17.1 Å². The average molecular weight is 508 g/mol. The summed E-state index contributed by atoms with van der Waals surface area (Å²) in [5, 5.41) is 3.35. The molecule has 0 saturated heterocycles. The molecule has 0 saturated carbocycles. The van der Waals surface area contributed by atoms with E-state index in [2.05, 4.69) is 5.32 Å². The molecular weight excluding hydrogens is 474 g/mol. The van der Waals surface area contributed by atoms with Gasteiger partial charge in [0.15, 0.2) is 0 Å². The van der Waals surface area contributed by atoms with E-state index in [0.29, 0.717) is 16.3 Å². The predicted octanol–water partition coefficient (Wildman–Crippen LogP) is 4.05. The van der Waals surface area contributed by atoms with E-state index in [1.54, 1.807) is 57.2 Å². The van der Waals surface area contributed by atoms with Crippen molar-refractivity contribution in [2.24, 2.45) is 0 Å². The molecule has 0 radical (unpaired) electrons.